The summed E-state index contributed by atoms with van der Waals surface area (Å²) in [5, 5.41) is 12.5. The molecule has 4 heteroatoms. The molecule has 0 aromatic carbocycles. The van der Waals surface area contributed by atoms with Crippen LogP contribution in [0.4, 0.5) is 0 Å². The van der Waals surface area contributed by atoms with Crippen molar-refractivity contribution in [3.8, 4) is 0 Å². The summed E-state index contributed by atoms with van der Waals surface area (Å²) in [6.07, 6.45) is 3.72. The molecule has 0 aromatic heterocycles. The fourth-order valence-electron chi connectivity index (χ4n) is 1.28. The SMILES string of the molecule is CC(N)CCCCNCC(O)CCN. The number of nitrogens with one attached hydrogen (secondary N) is 1. The monoisotopic (exact) mass is 203 g/mol. The van der Waals surface area contributed by atoms with Gasteiger partial charge in [-0.3, -0.25) is 0 Å². The molecule has 0 rings (SSSR count). The van der Waals surface area contributed by atoms with E-state index in [9.17, 15) is 5.11 Å². The van der Waals surface area contributed by atoms with Crippen LogP contribution < -0.4 is 16.8 Å². The quantitative estimate of drug-likeness (QED) is 0.391. The summed E-state index contributed by atoms with van der Waals surface area (Å²) in [5.41, 5.74) is 10.9. The maximum Gasteiger partial charge on any atom is 0.0676 e. The molecular formula is C10H25N3O. The van der Waals surface area contributed by atoms with Gasteiger partial charge in [0.1, 0.15) is 0 Å². The van der Waals surface area contributed by atoms with Gasteiger partial charge in [-0.25, -0.2) is 0 Å². The Morgan fingerprint density at radius 1 is 1.29 bits per heavy atom. The van der Waals surface area contributed by atoms with E-state index in [0.717, 1.165) is 25.8 Å². The second-order valence-corrected chi connectivity index (χ2v) is 3.91. The molecule has 0 aliphatic heterocycles. The Bertz CT molecular complexity index is 120. The molecule has 0 fully saturated rings. The minimum absolute atomic E-state index is 0.298. The van der Waals surface area contributed by atoms with Gasteiger partial charge < -0.3 is 21.9 Å². The molecule has 6 N–H and O–H groups in total. The normalized spacial score (nSPS) is 15.4. The topological polar surface area (TPSA) is 84.3 Å². The maximum absolute atomic E-state index is 9.33. The molecule has 0 radical (unpaired) electrons. The number of hydrogen-bond donors (Lipinski definition) is 4. The van der Waals surface area contributed by atoms with Gasteiger partial charge in [0, 0.05) is 12.6 Å². The van der Waals surface area contributed by atoms with Crippen molar-refractivity contribution < 1.29 is 5.11 Å². The van der Waals surface area contributed by atoms with Crippen molar-refractivity contribution in [3.05, 3.63) is 0 Å². The molecule has 0 bridgehead atoms. The molecule has 0 saturated heterocycles. The van der Waals surface area contributed by atoms with Crippen LogP contribution in [0.3, 0.4) is 0 Å². The first-order valence-electron chi connectivity index (χ1n) is 5.51. The van der Waals surface area contributed by atoms with Crippen molar-refractivity contribution in [2.75, 3.05) is 19.6 Å². The van der Waals surface area contributed by atoms with Gasteiger partial charge in [0.15, 0.2) is 0 Å². The number of nitrogens with two attached hydrogens (primary N) is 2. The van der Waals surface area contributed by atoms with Crippen LogP contribution >= 0.6 is 0 Å². The number of aliphatic hydroxyl groups is 1. The molecule has 0 aliphatic carbocycles. The van der Waals surface area contributed by atoms with Crippen molar-refractivity contribution in [1.82, 2.24) is 5.32 Å². The van der Waals surface area contributed by atoms with Gasteiger partial charge in [0.05, 0.1) is 6.10 Å². The van der Waals surface area contributed by atoms with Gasteiger partial charge in [-0.1, -0.05) is 6.42 Å². The lowest BCUT2D eigenvalue weighted by atomic mass is 10.1. The van der Waals surface area contributed by atoms with Crippen LogP contribution in [0.5, 0.6) is 0 Å². The molecular weight excluding hydrogens is 178 g/mol. The number of hydrogen-bond acceptors (Lipinski definition) is 4. The third-order valence-corrected chi connectivity index (χ3v) is 2.14. The second kappa shape index (κ2) is 9.40. The van der Waals surface area contributed by atoms with Crippen LogP contribution in [0.15, 0.2) is 0 Å². The Morgan fingerprint density at radius 2 is 2.00 bits per heavy atom. The molecule has 0 heterocycles. The zero-order valence-electron chi connectivity index (χ0n) is 9.21. The average Bonchev–Trinajstić information content (AvgIpc) is 2.11. The average molecular weight is 203 g/mol. The van der Waals surface area contributed by atoms with Crippen molar-refractivity contribution in [3.63, 3.8) is 0 Å². The van der Waals surface area contributed by atoms with Gasteiger partial charge in [-0.05, 0) is 39.3 Å². The van der Waals surface area contributed by atoms with Gasteiger partial charge in [-0.15, -0.1) is 0 Å². The lowest BCUT2D eigenvalue weighted by Crippen LogP contribution is -2.29. The highest BCUT2D eigenvalue weighted by Crippen LogP contribution is 1.96. The van der Waals surface area contributed by atoms with E-state index in [0.29, 0.717) is 25.6 Å². The Morgan fingerprint density at radius 3 is 2.57 bits per heavy atom. The zero-order chi connectivity index (χ0) is 10.8. The predicted octanol–water partition coefficient (Wildman–Crippen LogP) is -0.197. The molecule has 2 unspecified atom stereocenters. The maximum atomic E-state index is 9.33. The Hall–Kier alpha value is -0.160. The summed E-state index contributed by atoms with van der Waals surface area (Å²) in [5.74, 6) is 0. The van der Waals surface area contributed by atoms with Crippen molar-refractivity contribution in [2.45, 2.75) is 44.8 Å². The Kier molecular flexibility index (Phi) is 9.29. The van der Waals surface area contributed by atoms with Crippen molar-refractivity contribution >= 4 is 0 Å². The van der Waals surface area contributed by atoms with E-state index in [1.807, 2.05) is 6.92 Å². The third-order valence-electron chi connectivity index (χ3n) is 2.14. The summed E-state index contributed by atoms with van der Waals surface area (Å²) >= 11 is 0. The predicted molar refractivity (Wildman–Crippen MR) is 60.0 cm³/mol. The van der Waals surface area contributed by atoms with Crippen LogP contribution in [0, 0.1) is 0 Å². The van der Waals surface area contributed by atoms with Crippen molar-refractivity contribution in [2.24, 2.45) is 11.5 Å². The van der Waals surface area contributed by atoms with Crippen LogP contribution in [-0.4, -0.2) is 36.9 Å². The van der Waals surface area contributed by atoms with E-state index in [1.165, 1.54) is 0 Å². The zero-order valence-corrected chi connectivity index (χ0v) is 9.21. The highest BCUT2D eigenvalue weighted by atomic mass is 16.3. The molecule has 2 atom stereocenters. The van der Waals surface area contributed by atoms with E-state index in [1.54, 1.807) is 0 Å². The van der Waals surface area contributed by atoms with Crippen LogP contribution in [0.1, 0.15) is 32.6 Å². The highest BCUT2D eigenvalue weighted by molar-refractivity contribution is 4.60. The number of rotatable bonds is 9. The molecule has 0 aliphatic rings. The highest BCUT2D eigenvalue weighted by Gasteiger charge is 2.00. The fourth-order valence-corrected chi connectivity index (χ4v) is 1.28. The molecule has 86 valence electrons. The molecule has 4 nitrogen and oxygen atoms in total. The molecule has 14 heavy (non-hydrogen) atoms. The van der Waals surface area contributed by atoms with E-state index >= 15 is 0 Å². The largest absolute Gasteiger partial charge is 0.392 e. The van der Waals surface area contributed by atoms with E-state index < -0.39 is 0 Å². The van der Waals surface area contributed by atoms with Gasteiger partial charge in [0.2, 0.25) is 0 Å². The lowest BCUT2D eigenvalue weighted by molar-refractivity contribution is 0.164. The van der Waals surface area contributed by atoms with Crippen LogP contribution in [-0.2, 0) is 0 Å². The van der Waals surface area contributed by atoms with E-state index in [-0.39, 0.29) is 6.10 Å². The minimum Gasteiger partial charge on any atom is -0.392 e. The Balaban J connectivity index is 3.05. The standard InChI is InChI=1S/C10H25N3O/c1-9(12)4-2-3-7-13-8-10(14)5-6-11/h9-10,13-14H,2-8,11-12H2,1H3. The van der Waals surface area contributed by atoms with Gasteiger partial charge >= 0.3 is 0 Å². The molecule has 0 spiro atoms. The first kappa shape index (κ1) is 13.8. The summed E-state index contributed by atoms with van der Waals surface area (Å²) in [6, 6.07) is 0.304. The fraction of sp³-hybridized carbons (Fsp3) is 1.00. The third kappa shape index (κ3) is 9.92. The van der Waals surface area contributed by atoms with Gasteiger partial charge in [-0.2, -0.15) is 0 Å². The van der Waals surface area contributed by atoms with Crippen molar-refractivity contribution in [1.29, 1.82) is 0 Å². The number of unbranched alkanes of at least 4 members (excludes halogenated alkanes) is 1. The second-order valence-electron chi connectivity index (χ2n) is 3.91. The van der Waals surface area contributed by atoms with E-state index in [2.05, 4.69) is 5.32 Å². The van der Waals surface area contributed by atoms with Crippen LogP contribution in [0.25, 0.3) is 0 Å². The summed E-state index contributed by atoms with van der Waals surface area (Å²) in [7, 11) is 0. The summed E-state index contributed by atoms with van der Waals surface area (Å²) in [4.78, 5) is 0. The smallest absolute Gasteiger partial charge is 0.0676 e. The summed E-state index contributed by atoms with van der Waals surface area (Å²) < 4.78 is 0. The van der Waals surface area contributed by atoms with Crippen LogP contribution in [0.2, 0.25) is 0 Å². The molecule has 0 amide bonds. The van der Waals surface area contributed by atoms with E-state index in [4.69, 9.17) is 11.5 Å². The Labute approximate surface area is 87.0 Å². The number of aliphatic hydroxyl groups excluding tert-OH is 1. The van der Waals surface area contributed by atoms with Gasteiger partial charge in [0.25, 0.3) is 0 Å². The molecule has 0 aromatic rings. The first-order valence-corrected chi connectivity index (χ1v) is 5.51. The summed E-state index contributed by atoms with van der Waals surface area (Å²) in [6.45, 7) is 4.18. The minimum atomic E-state index is -0.298. The lowest BCUT2D eigenvalue weighted by Gasteiger charge is -2.10. The molecule has 0 saturated carbocycles. The first-order chi connectivity index (χ1) is 6.66.